The molecule has 1 saturated heterocycles. The third-order valence-corrected chi connectivity index (χ3v) is 5.30. The molecule has 1 aliphatic heterocycles. The summed E-state index contributed by atoms with van der Waals surface area (Å²) >= 11 is 0. The van der Waals surface area contributed by atoms with Crippen molar-refractivity contribution in [3.05, 3.63) is 53.8 Å². The Labute approximate surface area is 184 Å². The zero-order valence-electron chi connectivity index (χ0n) is 18.7. The van der Waals surface area contributed by atoms with E-state index in [0.717, 1.165) is 61.2 Å². The highest BCUT2D eigenvalue weighted by molar-refractivity contribution is 5.80. The predicted molar refractivity (Wildman–Crippen MR) is 124 cm³/mol. The van der Waals surface area contributed by atoms with Gasteiger partial charge in [0.1, 0.15) is 5.82 Å². The SMILES string of the molecule is CCNC(=NCc1ccc(OC)c(OCC)c1)NC1CCN(c2cccc(F)c2)CC1. The van der Waals surface area contributed by atoms with Gasteiger partial charge in [0.25, 0.3) is 0 Å². The van der Waals surface area contributed by atoms with Crippen molar-refractivity contribution in [1.82, 2.24) is 10.6 Å². The predicted octanol–water partition coefficient (Wildman–Crippen LogP) is 3.96. The number of aliphatic imine (C=N–C) groups is 1. The van der Waals surface area contributed by atoms with Crippen molar-refractivity contribution >= 4 is 11.6 Å². The van der Waals surface area contributed by atoms with E-state index in [2.05, 4.69) is 22.5 Å². The van der Waals surface area contributed by atoms with Gasteiger partial charge in [-0.15, -0.1) is 0 Å². The van der Waals surface area contributed by atoms with Gasteiger partial charge in [-0.2, -0.15) is 0 Å². The molecule has 0 saturated carbocycles. The molecule has 0 radical (unpaired) electrons. The number of hydrogen-bond donors (Lipinski definition) is 2. The van der Waals surface area contributed by atoms with Crippen LogP contribution in [-0.2, 0) is 6.54 Å². The first-order valence-corrected chi connectivity index (χ1v) is 11.0. The zero-order chi connectivity index (χ0) is 22.1. The summed E-state index contributed by atoms with van der Waals surface area (Å²) in [7, 11) is 1.64. The van der Waals surface area contributed by atoms with E-state index in [-0.39, 0.29) is 5.82 Å². The zero-order valence-corrected chi connectivity index (χ0v) is 18.7. The molecule has 0 spiro atoms. The number of halogens is 1. The van der Waals surface area contributed by atoms with Crippen molar-refractivity contribution in [1.29, 1.82) is 0 Å². The van der Waals surface area contributed by atoms with Crippen LogP contribution < -0.4 is 25.0 Å². The van der Waals surface area contributed by atoms with Gasteiger partial charge in [-0.05, 0) is 62.6 Å². The summed E-state index contributed by atoms with van der Waals surface area (Å²) in [6.45, 7) is 7.71. The molecule has 0 unspecified atom stereocenters. The number of hydrogen-bond acceptors (Lipinski definition) is 4. The number of piperidine rings is 1. The number of methoxy groups -OCH3 is 1. The summed E-state index contributed by atoms with van der Waals surface area (Å²) in [6, 6.07) is 13.0. The minimum Gasteiger partial charge on any atom is -0.493 e. The molecule has 0 aliphatic carbocycles. The van der Waals surface area contributed by atoms with Gasteiger partial charge in [0.05, 0.1) is 20.3 Å². The number of guanidine groups is 1. The van der Waals surface area contributed by atoms with Gasteiger partial charge >= 0.3 is 0 Å². The maximum absolute atomic E-state index is 13.5. The molecule has 1 fully saturated rings. The standard InChI is InChI=1S/C24H33FN4O2/c1-4-26-24(27-17-18-9-10-22(30-3)23(15-18)31-5-2)28-20-11-13-29(14-12-20)21-8-6-7-19(25)16-21/h6-10,15-16,20H,4-5,11-14,17H2,1-3H3,(H2,26,27,28). The third-order valence-electron chi connectivity index (χ3n) is 5.30. The monoisotopic (exact) mass is 428 g/mol. The highest BCUT2D eigenvalue weighted by Crippen LogP contribution is 2.28. The van der Waals surface area contributed by atoms with Gasteiger partial charge in [0.2, 0.25) is 0 Å². The fourth-order valence-corrected chi connectivity index (χ4v) is 3.73. The van der Waals surface area contributed by atoms with Crippen LogP contribution in [0.5, 0.6) is 11.5 Å². The quantitative estimate of drug-likeness (QED) is 0.492. The second-order valence-corrected chi connectivity index (χ2v) is 7.50. The van der Waals surface area contributed by atoms with Crippen LogP contribution in [0.4, 0.5) is 10.1 Å². The van der Waals surface area contributed by atoms with Crippen LogP contribution in [-0.4, -0.2) is 45.4 Å². The van der Waals surface area contributed by atoms with Crippen LogP contribution in [0.15, 0.2) is 47.5 Å². The van der Waals surface area contributed by atoms with Crippen molar-refractivity contribution in [2.24, 2.45) is 4.99 Å². The Bertz CT molecular complexity index is 866. The van der Waals surface area contributed by atoms with Crippen LogP contribution in [0.2, 0.25) is 0 Å². The first-order valence-electron chi connectivity index (χ1n) is 11.0. The molecule has 1 aliphatic rings. The first kappa shape index (κ1) is 22.7. The van der Waals surface area contributed by atoms with Crippen LogP contribution in [0.25, 0.3) is 0 Å². The Morgan fingerprint density at radius 2 is 1.94 bits per heavy atom. The molecule has 2 aromatic rings. The Hall–Kier alpha value is -2.96. The van der Waals surface area contributed by atoms with E-state index in [1.165, 1.54) is 6.07 Å². The van der Waals surface area contributed by atoms with Gasteiger partial charge in [-0.3, -0.25) is 0 Å². The molecule has 0 bridgehead atoms. The van der Waals surface area contributed by atoms with Crippen molar-refractivity contribution in [2.45, 2.75) is 39.3 Å². The second-order valence-electron chi connectivity index (χ2n) is 7.50. The molecule has 0 atom stereocenters. The van der Waals surface area contributed by atoms with E-state index in [1.807, 2.05) is 31.2 Å². The number of rotatable bonds is 8. The van der Waals surface area contributed by atoms with E-state index < -0.39 is 0 Å². The topological polar surface area (TPSA) is 58.1 Å². The second kappa shape index (κ2) is 11.4. The summed E-state index contributed by atoms with van der Waals surface area (Å²) in [6.07, 6.45) is 1.94. The van der Waals surface area contributed by atoms with Crippen LogP contribution in [0.3, 0.4) is 0 Å². The highest BCUT2D eigenvalue weighted by atomic mass is 19.1. The van der Waals surface area contributed by atoms with Crippen molar-refractivity contribution in [3.8, 4) is 11.5 Å². The van der Waals surface area contributed by atoms with Gasteiger partial charge < -0.3 is 25.0 Å². The van der Waals surface area contributed by atoms with Crippen LogP contribution >= 0.6 is 0 Å². The number of anilines is 1. The average molecular weight is 429 g/mol. The molecule has 7 heteroatoms. The molecule has 2 aromatic carbocycles. The lowest BCUT2D eigenvalue weighted by Crippen LogP contribution is -2.48. The molecule has 0 amide bonds. The maximum atomic E-state index is 13.5. The van der Waals surface area contributed by atoms with E-state index in [1.54, 1.807) is 19.2 Å². The van der Waals surface area contributed by atoms with Gasteiger partial charge in [-0.1, -0.05) is 12.1 Å². The first-order chi connectivity index (χ1) is 15.1. The minimum absolute atomic E-state index is 0.190. The number of benzene rings is 2. The molecule has 31 heavy (non-hydrogen) atoms. The van der Waals surface area contributed by atoms with Crippen LogP contribution in [0, 0.1) is 5.82 Å². The number of ether oxygens (including phenoxy) is 2. The maximum Gasteiger partial charge on any atom is 0.191 e. The Morgan fingerprint density at radius 3 is 2.61 bits per heavy atom. The lowest BCUT2D eigenvalue weighted by Gasteiger charge is -2.34. The number of nitrogens with zero attached hydrogens (tertiary/aromatic N) is 2. The largest absolute Gasteiger partial charge is 0.493 e. The van der Waals surface area contributed by atoms with Crippen molar-refractivity contribution in [2.75, 3.05) is 38.3 Å². The third kappa shape index (κ3) is 6.51. The average Bonchev–Trinajstić information content (AvgIpc) is 2.78. The van der Waals surface area contributed by atoms with E-state index in [4.69, 9.17) is 14.5 Å². The molecular weight excluding hydrogens is 395 g/mol. The molecule has 168 valence electrons. The van der Waals surface area contributed by atoms with Gasteiger partial charge in [-0.25, -0.2) is 9.38 Å². The summed E-state index contributed by atoms with van der Waals surface area (Å²) < 4.78 is 24.5. The van der Waals surface area contributed by atoms with E-state index in [9.17, 15) is 4.39 Å². The summed E-state index contributed by atoms with van der Waals surface area (Å²) in [5.41, 5.74) is 2.01. The normalized spacial score (nSPS) is 15.0. The Morgan fingerprint density at radius 1 is 1.13 bits per heavy atom. The van der Waals surface area contributed by atoms with Crippen LogP contribution in [0.1, 0.15) is 32.3 Å². The summed E-state index contributed by atoms with van der Waals surface area (Å²) in [4.78, 5) is 6.99. The van der Waals surface area contributed by atoms with Crippen molar-refractivity contribution < 1.29 is 13.9 Å². The molecule has 0 aromatic heterocycles. The molecule has 1 heterocycles. The van der Waals surface area contributed by atoms with Crippen molar-refractivity contribution in [3.63, 3.8) is 0 Å². The molecule has 2 N–H and O–H groups in total. The number of nitrogens with one attached hydrogen (secondary N) is 2. The van der Waals surface area contributed by atoms with E-state index >= 15 is 0 Å². The fourth-order valence-electron chi connectivity index (χ4n) is 3.73. The highest BCUT2D eigenvalue weighted by Gasteiger charge is 2.20. The fraction of sp³-hybridized carbons (Fsp3) is 0.458. The van der Waals surface area contributed by atoms with Gasteiger partial charge in [0.15, 0.2) is 17.5 Å². The molecule has 6 nitrogen and oxygen atoms in total. The Kier molecular flexibility index (Phi) is 8.38. The molecular formula is C24H33FN4O2. The summed E-state index contributed by atoms with van der Waals surface area (Å²) in [5, 5.41) is 6.89. The lowest BCUT2D eigenvalue weighted by molar-refractivity contribution is 0.310. The smallest absolute Gasteiger partial charge is 0.191 e. The minimum atomic E-state index is -0.190. The van der Waals surface area contributed by atoms with E-state index in [0.29, 0.717) is 19.2 Å². The molecule has 3 rings (SSSR count). The van der Waals surface area contributed by atoms with Gasteiger partial charge in [0, 0.05) is 31.4 Å². The Balaban J connectivity index is 1.58. The summed E-state index contributed by atoms with van der Waals surface area (Å²) in [5.74, 6) is 2.08. The lowest BCUT2D eigenvalue weighted by atomic mass is 10.0.